The molecule has 14 bridgehead atoms. The van der Waals surface area contributed by atoms with Crippen LogP contribution in [0.2, 0.25) is 0 Å². The molecule has 6 aliphatic rings. The van der Waals surface area contributed by atoms with E-state index in [1.54, 1.807) is 0 Å². The molecule has 7 nitrogen and oxygen atoms in total. The highest BCUT2D eigenvalue weighted by molar-refractivity contribution is 6.34. The van der Waals surface area contributed by atoms with Gasteiger partial charge in [0.25, 0.3) is 0 Å². The molecule has 1 fully saturated rings. The maximum atomic E-state index is 17.1. The van der Waals surface area contributed by atoms with Crippen molar-refractivity contribution in [1.82, 2.24) is 15.3 Å². The standard InChI is InChI=1S/C67H17F29N6O/c1-67-34-21-11-10-19(101-21)25(32-44(76)56(88)63(95)57(89)45(32)77)17-7-6-15(99-17)23(30-40(72)52(84)61(93)53(85)41(30)73)13-3-2-12(97-13)22(29-38(70)50(82)60(92)51(83)39(29)71)14-4-5-16(98-14)24(31-42(74)54(86)62(94)55(87)43(31)75)18-8-9-20(100-18)26(33-46(78)58(90)64(96)59(91)47(33)79)65(102-66(67)103)35(67)28-27(34)36(68)48(80)49(81)37(28)69/h2-11,35,98-99H,1H3,(H,102,103)/b22-12+,23-15+,24-18-,25-17+,34-21-,65-26-/t35-,67-/m0/s1. The lowest BCUT2D eigenvalue weighted by molar-refractivity contribution is -0.124. The number of benzene rings is 6. The zero-order valence-electron chi connectivity index (χ0n) is 49.1. The van der Waals surface area contributed by atoms with Crippen LogP contribution in [0.4, 0.5) is 127 Å². The maximum Gasteiger partial charge on any atom is 0.235 e. The zero-order chi connectivity index (χ0) is 74.6. The van der Waals surface area contributed by atoms with Crippen molar-refractivity contribution in [1.29, 1.82) is 0 Å². The van der Waals surface area contributed by atoms with E-state index < -0.39 is 320 Å². The van der Waals surface area contributed by atoms with Gasteiger partial charge in [-0.15, -0.1) is 0 Å². The van der Waals surface area contributed by atoms with Crippen molar-refractivity contribution in [3.05, 3.63) is 313 Å². The van der Waals surface area contributed by atoms with E-state index in [2.05, 4.69) is 24.9 Å². The first-order chi connectivity index (χ1) is 48.5. The normalized spacial score (nSPS) is 21.6. The van der Waals surface area contributed by atoms with Gasteiger partial charge < -0.3 is 15.3 Å². The van der Waals surface area contributed by atoms with Crippen LogP contribution in [-0.4, -0.2) is 33.0 Å². The Hall–Kier alpha value is -11.8. The van der Waals surface area contributed by atoms with Crippen LogP contribution in [0.1, 0.15) is 63.2 Å². The first-order valence-electron chi connectivity index (χ1n) is 28.2. The summed E-state index contributed by atoms with van der Waals surface area (Å²) in [6.07, 6.45) is 2.24. The molecule has 1 saturated heterocycles. The maximum absolute atomic E-state index is 17.1. The van der Waals surface area contributed by atoms with Crippen molar-refractivity contribution in [3.63, 3.8) is 0 Å². The molecule has 2 atom stereocenters. The van der Waals surface area contributed by atoms with Crippen LogP contribution in [0.15, 0.2) is 98.5 Å². The fourth-order valence-corrected chi connectivity index (χ4v) is 12.9. The Morgan fingerprint density at radius 3 is 0.893 bits per heavy atom. The molecule has 0 radical (unpaired) electrons. The molecule has 0 unspecified atom stereocenters. The summed E-state index contributed by atoms with van der Waals surface area (Å²) in [6, 6.07) is 1.58. The van der Waals surface area contributed by atoms with E-state index in [0.717, 1.165) is 0 Å². The molecule has 8 aromatic rings. The summed E-state index contributed by atoms with van der Waals surface area (Å²) in [5.41, 5.74) is -39.6. The average Bonchev–Trinajstić information content (AvgIpc) is 1.51. The second-order valence-corrected chi connectivity index (χ2v) is 22.7. The van der Waals surface area contributed by atoms with Gasteiger partial charge in [-0.25, -0.2) is 142 Å². The lowest BCUT2D eigenvalue weighted by Gasteiger charge is -2.24. The predicted octanol–water partition coefficient (Wildman–Crippen LogP) is 16.1. The molecule has 0 spiro atoms. The minimum atomic E-state index is -3.25. The quantitative estimate of drug-likeness (QED) is 0.0893. The van der Waals surface area contributed by atoms with Gasteiger partial charge in [0.15, 0.2) is 140 Å². The number of allylic oxidation sites excluding steroid dienone is 8. The van der Waals surface area contributed by atoms with E-state index >= 15 is 115 Å². The number of nitrogens with zero attached hydrogens (tertiary/aromatic N) is 3. The lowest BCUT2D eigenvalue weighted by Crippen LogP contribution is -2.30. The Balaban J connectivity index is 1.23. The number of halogens is 29. The van der Waals surface area contributed by atoms with Gasteiger partial charge >= 0.3 is 0 Å². The molecule has 524 valence electrons. The van der Waals surface area contributed by atoms with Gasteiger partial charge in [-0.1, -0.05) is 0 Å². The van der Waals surface area contributed by atoms with Gasteiger partial charge in [0.1, 0.15) is 0 Å². The molecule has 14 rings (SSSR count). The second kappa shape index (κ2) is 23.4. The Bertz CT molecular complexity index is 5790. The highest BCUT2D eigenvalue weighted by Crippen LogP contribution is 2.65. The number of aliphatic imine (C=N–C) groups is 3. The first kappa shape index (κ1) is 68.4. The highest BCUT2D eigenvalue weighted by atomic mass is 19.2. The lowest BCUT2D eigenvalue weighted by atomic mass is 9.74. The molecule has 5 aliphatic heterocycles. The number of hydrogen-bond acceptors (Lipinski definition) is 4. The fourth-order valence-electron chi connectivity index (χ4n) is 12.9. The molecule has 6 aromatic carbocycles. The van der Waals surface area contributed by atoms with Crippen LogP contribution in [0.5, 0.6) is 0 Å². The number of nitrogens with one attached hydrogen (secondary N) is 3. The molecule has 7 heterocycles. The number of rotatable bonds is 5. The van der Waals surface area contributed by atoms with E-state index in [0.29, 0.717) is 61.6 Å². The van der Waals surface area contributed by atoms with Crippen LogP contribution in [-0.2, 0) is 4.79 Å². The summed E-state index contributed by atoms with van der Waals surface area (Å²) in [4.78, 5) is 31.2. The number of aromatic nitrogens is 2. The summed E-state index contributed by atoms with van der Waals surface area (Å²) in [5.74, 6) is -87.8. The number of hydrogen-bond donors (Lipinski definition) is 3. The summed E-state index contributed by atoms with van der Waals surface area (Å²) in [7, 11) is 0. The van der Waals surface area contributed by atoms with E-state index in [1.165, 1.54) is 0 Å². The SMILES string of the molecule is C[C@]12C(=O)N/C3=C(\c4c(F)c(F)c(F)c(F)c4F)C4=N/C(=C(\c5c(F)c(F)c(F)c(F)c5F)c5ccc([nH]5)/C(c5c(F)c(F)c(F)c(F)c5F)=C5/C=CC(=N5)/C(c5c(F)c(F)c(F)c(F)c5F)=c5/cc/c([nH]5)=C(\c5c(F)c(F)c(F)c(F)c5F)C5=N/C(=C\1c1c(F)c(F)c(F)c(F)c1[C@@H]32)C=C5)C=C4. The van der Waals surface area contributed by atoms with Crippen molar-refractivity contribution >= 4 is 56.5 Å². The molecule has 1 aliphatic carbocycles. The summed E-state index contributed by atoms with van der Waals surface area (Å²) in [5, 5.41) is -0.589. The summed E-state index contributed by atoms with van der Waals surface area (Å²) in [6.45, 7) is 0.545. The van der Waals surface area contributed by atoms with E-state index in [9.17, 15) is 17.6 Å². The smallest absolute Gasteiger partial charge is 0.235 e. The molecular weight excluding hydrogens is 1460 g/mol. The van der Waals surface area contributed by atoms with Crippen molar-refractivity contribution in [2.45, 2.75) is 12.8 Å². The van der Waals surface area contributed by atoms with Crippen LogP contribution in [0.3, 0.4) is 0 Å². The number of H-pyrrole nitrogens is 2. The first-order valence-corrected chi connectivity index (χ1v) is 28.2. The Labute approximate surface area is 549 Å². The number of carbonyl (C=O) groups excluding carboxylic acids is 1. The van der Waals surface area contributed by atoms with Gasteiger partial charge in [-0.3, -0.25) is 4.79 Å². The van der Waals surface area contributed by atoms with Crippen LogP contribution in [0.25, 0.3) is 33.4 Å². The molecule has 103 heavy (non-hydrogen) atoms. The van der Waals surface area contributed by atoms with Crippen LogP contribution >= 0.6 is 0 Å². The van der Waals surface area contributed by atoms with E-state index in [4.69, 9.17) is 0 Å². The highest BCUT2D eigenvalue weighted by Gasteiger charge is 2.63. The average molecular weight is 1470 g/mol. The monoisotopic (exact) mass is 1470 g/mol. The topological polar surface area (TPSA) is 97.8 Å². The molecule has 3 N–H and O–H groups in total. The molecule has 1 amide bonds. The summed E-state index contributed by atoms with van der Waals surface area (Å²) < 4.78 is 463. The zero-order valence-corrected chi connectivity index (χ0v) is 49.1. The fraction of sp³-hybridized carbons (Fsp3) is 0.0448. The number of carbonyl (C=O) groups is 1. The van der Waals surface area contributed by atoms with Gasteiger partial charge in [0.05, 0.1) is 67.5 Å². The van der Waals surface area contributed by atoms with Crippen molar-refractivity contribution in [2.75, 3.05) is 0 Å². The van der Waals surface area contributed by atoms with Crippen molar-refractivity contribution < 1.29 is 132 Å². The van der Waals surface area contributed by atoms with Gasteiger partial charge in [0.2, 0.25) is 35.0 Å². The van der Waals surface area contributed by atoms with Crippen LogP contribution < -0.4 is 16.0 Å². The number of amides is 1. The predicted molar refractivity (Wildman–Crippen MR) is 298 cm³/mol. The third-order valence-electron chi connectivity index (χ3n) is 17.4. The molecule has 0 saturated carbocycles. The summed E-state index contributed by atoms with van der Waals surface area (Å²) >= 11 is 0. The molecule has 2 aromatic heterocycles. The largest absolute Gasteiger partial charge is 0.354 e. The molecular formula is C67H17F29N6O. The third-order valence-corrected chi connectivity index (χ3v) is 17.4. The number of fused-ring (bicyclic) bond motifs is 9. The van der Waals surface area contributed by atoms with Gasteiger partial charge in [0, 0.05) is 78.3 Å². The van der Waals surface area contributed by atoms with Gasteiger partial charge in [-0.05, 0) is 67.6 Å². The van der Waals surface area contributed by atoms with Gasteiger partial charge in [-0.2, -0.15) is 0 Å². The Kier molecular flexibility index (Phi) is 15.5. The second-order valence-electron chi connectivity index (χ2n) is 22.7. The van der Waals surface area contributed by atoms with Crippen molar-refractivity contribution in [3.8, 4) is 0 Å². The third kappa shape index (κ3) is 9.28. The van der Waals surface area contributed by atoms with E-state index in [1.807, 2.05) is 5.32 Å². The van der Waals surface area contributed by atoms with Crippen LogP contribution in [0, 0.1) is 174 Å². The van der Waals surface area contributed by atoms with Crippen molar-refractivity contribution in [2.24, 2.45) is 20.4 Å². The molecule has 36 heteroatoms. The Morgan fingerprint density at radius 1 is 0.291 bits per heavy atom. The minimum Gasteiger partial charge on any atom is -0.354 e. The minimum absolute atomic E-state index is 0.283. The Morgan fingerprint density at radius 2 is 0.553 bits per heavy atom. The van der Waals surface area contributed by atoms with E-state index in [-0.39, 0.29) is 6.08 Å². The number of aromatic amines is 2.